The first-order valence-corrected chi connectivity index (χ1v) is 18.3. The molecule has 11 aromatic rings. The summed E-state index contributed by atoms with van der Waals surface area (Å²) in [5, 5.41) is 6.97. The molecule has 8 aromatic carbocycles. The summed E-state index contributed by atoms with van der Waals surface area (Å²) in [5.74, 6) is 0. The summed E-state index contributed by atoms with van der Waals surface area (Å²) < 4.78 is 6.89. The zero-order chi connectivity index (χ0) is 36.6. The highest BCUT2D eigenvalue weighted by Gasteiger charge is 2.18. The van der Waals surface area contributed by atoms with Gasteiger partial charge in [0, 0.05) is 38.3 Å². The molecule has 0 radical (unpaired) electrons. The second-order valence-electron chi connectivity index (χ2n) is 14.0. The molecule has 0 aliphatic carbocycles. The molecule has 0 N–H and O–H groups in total. The standard InChI is InChI=1S/C50H29N5/c1-51-34-22-27-49-41(30-34)39-13-6-10-18-47(39)55(49)50-29-33(21-26-43(50)52-2)32-19-23-35(24-20-32)53-46-17-9-5-14-40(46)42-31-36(25-28-48(42)53)54-44-15-7-3-11-37(44)38-12-4-8-16-45(38)54/h3-31H. The first-order valence-electron chi connectivity index (χ1n) is 18.3. The summed E-state index contributed by atoms with van der Waals surface area (Å²) in [4.78, 5) is 7.62. The van der Waals surface area contributed by atoms with E-state index in [9.17, 15) is 0 Å². The largest absolute Gasteiger partial charge is 0.319 e. The topological polar surface area (TPSA) is 23.5 Å². The van der Waals surface area contributed by atoms with Gasteiger partial charge in [-0.15, -0.1) is 0 Å². The van der Waals surface area contributed by atoms with Gasteiger partial charge in [-0.2, -0.15) is 0 Å². The Morgan fingerprint density at radius 3 is 1.38 bits per heavy atom. The molecule has 0 bridgehead atoms. The van der Waals surface area contributed by atoms with E-state index in [2.05, 4.69) is 157 Å². The highest BCUT2D eigenvalue weighted by molar-refractivity contribution is 6.13. The van der Waals surface area contributed by atoms with Gasteiger partial charge in [-0.25, -0.2) is 9.69 Å². The molecule has 0 aliphatic rings. The van der Waals surface area contributed by atoms with Gasteiger partial charge < -0.3 is 13.7 Å². The zero-order valence-electron chi connectivity index (χ0n) is 29.5. The quantitative estimate of drug-likeness (QED) is 0.163. The van der Waals surface area contributed by atoms with Gasteiger partial charge in [0.25, 0.3) is 0 Å². The Bertz CT molecular complexity index is 3400. The van der Waals surface area contributed by atoms with Crippen LogP contribution in [0.3, 0.4) is 0 Å². The van der Waals surface area contributed by atoms with Gasteiger partial charge in [-0.3, -0.25) is 0 Å². The molecule has 254 valence electrons. The Kier molecular flexibility index (Phi) is 6.61. The van der Waals surface area contributed by atoms with E-state index in [0.717, 1.165) is 61.0 Å². The number of aromatic nitrogens is 3. The van der Waals surface area contributed by atoms with Gasteiger partial charge in [0.1, 0.15) is 0 Å². The van der Waals surface area contributed by atoms with Crippen LogP contribution >= 0.6 is 0 Å². The number of rotatable bonds is 4. The second-order valence-corrected chi connectivity index (χ2v) is 14.0. The SMILES string of the molecule is [C-]#[N+]c1ccc2c(c1)c1ccccc1n2-c1cc(-c2ccc(-n3c4ccccc4c4cc(-n5c6ccccc6c6ccccc65)ccc43)cc2)ccc1[N+]#[C-]. The van der Waals surface area contributed by atoms with E-state index in [1.807, 2.05) is 42.5 Å². The average Bonchev–Trinajstić information content (AvgIpc) is 3.88. The molecule has 0 unspecified atom stereocenters. The predicted octanol–water partition coefficient (Wildman–Crippen LogP) is 13.7. The van der Waals surface area contributed by atoms with Crippen molar-refractivity contribution in [3.63, 3.8) is 0 Å². The minimum absolute atomic E-state index is 0.572. The lowest BCUT2D eigenvalue weighted by molar-refractivity contribution is 1.16. The van der Waals surface area contributed by atoms with Crippen LogP contribution in [-0.2, 0) is 0 Å². The van der Waals surface area contributed by atoms with Crippen LogP contribution in [0, 0.1) is 13.1 Å². The fraction of sp³-hybridized carbons (Fsp3) is 0. The summed E-state index contributed by atoms with van der Waals surface area (Å²) in [7, 11) is 0. The molecule has 0 amide bonds. The van der Waals surface area contributed by atoms with Crippen LogP contribution in [0.4, 0.5) is 11.4 Å². The van der Waals surface area contributed by atoms with Gasteiger partial charge in [-0.1, -0.05) is 103 Å². The van der Waals surface area contributed by atoms with Crippen LogP contribution in [0.15, 0.2) is 176 Å². The maximum absolute atomic E-state index is 8.07. The molecule has 55 heavy (non-hydrogen) atoms. The summed E-state index contributed by atoms with van der Waals surface area (Å²) in [6, 6.07) is 61.6. The van der Waals surface area contributed by atoms with Gasteiger partial charge in [0.05, 0.1) is 51.9 Å². The van der Waals surface area contributed by atoms with Crippen LogP contribution in [0.2, 0.25) is 0 Å². The highest BCUT2D eigenvalue weighted by atomic mass is 15.0. The summed E-state index contributed by atoms with van der Waals surface area (Å²) >= 11 is 0. The summed E-state index contributed by atoms with van der Waals surface area (Å²) in [6.45, 7) is 15.7. The smallest absolute Gasteiger partial charge is 0.210 e. The van der Waals surface area contributed by atoms with Crippen molar-refractivity contribution in [3.05, 3.63) is 199 Å². The van der Waals surface area contributed by atoms with E-state index < -0.39 is 0 Å². The molecular formula is C50H29N5. The molecule has 0 fully saturated rings. The number of fused-ring (bicyclic) bond motifs is 9. The van der Waals surface area contributed by atoms with Gasteiger partial charge in [0.2, 0.25) is 5.69 Å². The lowest BCUT2D eigenvalue weighted by Gasteiger charge is -2.14. The van der Waals surface area contributed by atoms with E-state index in [4.69, 9.17) is 13.1 Å². The lowest BCUT2D eigenvalue weighted by Crippen LogP contribution is -1.96. The van der Waals surface area contributed by atoms with E-state index in [-0.39, 0.29) is 0 Å². The summed E-state index contributed by atoms with van der Waals surface area (Å²) in [6.07, 6.45) is 0. The number of hydrogen-bond donors (Lipinski definition) is 0. The first kappa shape index (κ1) is 30.7. The normalized spacial score (nSPS) is 11.6. The van der Waals surface area contributed by atoms with Crippen molar-refractivity contribution >= 4 is 76.8 Å². The van der Waals surface area contributed by atoms with Crippen molar-refractivity contribution in [1.82, 2.24) is 13.7 Å². The minimum Gasteiger partial charge on any atom is -0.319 e. The zero-order valence-corrected chi connectivity index (χ0v) is 29.5. The fourth-order valence-corrected chi connectivity index (χ4v) is 8.65. The predicted molar refractivity (Wildman–Crippen MR) is 227 cm³/mol. The molecule has 5 heteroatoms. The number of hydrogen-bond acceptors (Lipinski definition) is 0. The molecule has 0 saturated heterocycles. The Hall–Kier alpha value is -7.86. The maximum Gasteiger partial charge on any atom is 0.210 e. The van der Waals surface area contributed by atoms with Crippen molar-refractivity contribution in [2.75, 3.05) is 0 Å². The third kappa shape index (κ3) is 4.51. The molecule has 5 nitrogen and oxygen atoms in total. The van der Waals surface area contributed by atoms with Crippen molar-refractivity contribution in [2.45, 2.75) is 0 Å². The van der Waals surface area contributed by atoms with Crippen molar-refractivity contribution in [3.8, 4) is 28.2 Å². The van der Waals surface area contributed by atoms with Gasteiger partial charge in [-0.05, 0) is 89.3 Å². The molecule has 3 aromatic heterocycles. The molecular weight excluding hydrogens is 671 g/mol. The van der Waals surface area contributed by atoms with Crippen LogP contribution in [-0.4, -0.2) is 13.7 Å². The highest BCUT2D eigenvalue weighted by Crippen LogP contribution is 2.40. The van der Waals surface area contributed by atoms with E-state index in [1.54, 1.807) is 0 Å². The van der Waals surface area contributed by atoms with Crippen LogP contribution in [0.1, 0.15) is 0 Å². The first-order chi connectivity index (χ1) is 27.2. The number of benzene rings is 8. The third-order valence-corrected chi connectivity index (χ3v) is 11.1. The van der Waals surface area contributed by atoms with Crippen molar-refractivity contribution < 1.29 is 0 Å². The van der Waals surface area contributed by atoms with Crippen LogP contribution in [0.5, 0.6) is 0 Å². The van der Waals surface area contributed by atoms with Gasteiger partial charge in [0.15, 0.2) is 5.69 Å². The monoisotopic (exact) mass is 699 g/mol. The lowest BCUT2D eigenvalue weighted by atomic mass is 10.0. The minimum atomic E-state index is 0.572. The molecule has 3 heterocycles. The Morgan fingerprint density at radius 2 is 0.782 bits per heavy atom. The maximum atomic E-state index is 8.07. The van der Waals surface area contributed by atoms with Gasteiger partial charge >= 0.3 is 0 Å². The average molecular weight is 700 g/mol. The Morgan fingerprint density at radius 1 is 0.327 bits per heavy atom. The number of para-hydroxylation sites is 4. The molecule has 11 rings (SSSR count). The third-order valence-electron chi connectivity index (χ3n) is 11.1. The Balaban J connectivity index is 1.04. The van der Waals surface area contributed by atoms with Crippen molar-refractivity contribution in [1.29, 1.82) is 0 Å². The molecule has 0 spiro atoms. The van der Waals surface area contributed by atoms with E-state index >= 15 is 0 Å². The fourth-order valence-electron chi connectivity index (χ4n) is 8.65. The second kappa shape index (κ2) is 11.8. The van der Waals surface area contributed by atoms with E-state index in [0.29, 0.717) is 11.4 Å². The van der Waals surface area contributed by atoms with Crippen molar-refractivity contribution in [2.24, 2.45) is 0 Å². The molecule has 0 saturated carbocycles. The van der Waals surface area contributed by atoms with Crippen LogP contribution in [0.25, 0.3) is 103 Å². The number of nitrogens with zero attached hydrogens (tertiary/aromatic N) is 5. The molecule has 0 aliphatic heterocycles. The van der Waals surface area contributed by atoms with E-state index in [1.165, 1.54) is 32.6 Å². The van der Waals surface area contributed by atoms with Crippen LogP contribution < -0.4 is 0 Å². The Labute approximate surface area is 316 Å². The molecule has 0 atom stereocenters. The summed E-state index contributed by atoms with van der Waals surface area (Å²) in [5.41, 5.74) is 13.0.